The Morgan fingerprint density at radius 2 is 2.15 bits per heavy atom. The van der Waals surface area contributed by atoms with E-state index in [1.165, 1.54) is 6.07 Å². The van der Waals surface area contributed by atoms with Gasteiger partial charge in [0.1, 0.15) is 5.75 Å². The SMILES string of the molecule is CCOC(=O)CC(C)(N)c1c(Br)cccc1OC(F)F. The van der Waals surface area contributed by atoms with Gasteiger partial charge in [0.15, 0.2) is 0 Å². The largest absolute Gasteiger partial charge is 0.466 e. The predicted molar refractivity (Wildman–Crippen MR) is 73.6 cm³/mol. The van der Waals surface area contributed by atoms with Crippen LogP contribution in [0.1, 0.15) is 25.8 Å². The van der Waals surface area contributed by atoms with Crippen LogP contribution in [-0.4, -0.2) is 19.2 Å². The number of rotatable bonds is 6. The fourth-order valence-corrected chi connectivity index (χ4v) is 2.65. The summed E-state index contributed by atoms with van der Waals surface area (Å²) in [7, 11) is 0. The summed E-state index contributed by atoms with van der Waals surface area (Å²) in [5, 5.41) is 0. The van der Waals surface area contributed by atoms with Gasteiger partial charge in [-0.05, 0) is 26.0 Å². The number of benzene rings is 1. The maximum Gasteiger partial charge on any atom is 0.387 e. The topological polar surface area (TPSA) is 61.5 Å². The van der Waals surface area contributed by atoms with Gasteiger partial charge in [0, 0.05) is 10.0 Å². The van der Waals surface area contributed by atoms with Gasteiger partial charge in [-0.2, -0.15) is 8.78 Å². The molecule has 0 aliphatic heterocycles. The van der Waals surface area contributed by atoms with E-state index in [0.717, 1.165) is 0 Å². The van der Waals surface area contributed by atoms with Crippen LogP contribution < -0.4 is 10.5 Å². The van der Waals surface area contributed by atoms with Crippen molar-refractivity contribution in [2.45, 2.75) is 32.4 Å². The molecule has 2 N–H and O–H groups in total. The molecule has 0 bridgehead atoms. The second kappa shape index (κ2) is 6.99. The van der Waals surface area contributed by atoms with E-state index in [9.17, 15) is 13.6 Å². The van der Waals surface area contributed by atoms with Crippen LogP contribution in [0.4, 0.5) is 8.78 Å². The van der Waals surface area contributed by atoms with Crippen LogP contribution in [0.25, 0.3) is 0 Å². The van der Waals surface area contributed by atoms with E-state index in [1.807, 2.05) is 0 Å². The lowest BCUT2D eigenvalue weighted by Crippen LogP contribution is -2.37. The molecule has 1 atom stereocenters. The zero-order chi connectivity index (χ0) is 15.3. The molecule has 0 radical (unpaired) electrons. The van der Waals surface area contributed by atoms with Gasteiger partial charge >= 0.3 is 12.6 Å². The number of halogens is 3. The fraction of sp³-hybridized carbons (Fsp3) is 0.462. The van der Waals surface area contributed by atoms with Gasteiger partial charge in [-0.25, -0.2) is 0 Å². The van der Waals surface area contributed by atoms with Gasteiger partial charge in [0.05, 0.1) is 18.6 Å². The van der Waals surface area contributed by atoms with E-state index in [-0.39, 0.29) is 18.8 Å². The highest BCUT2D eigenvalue weighted by Crippen LogP contribution is 2.37. The Hall–Kier alpha value is -1.21. The minimum absolute atomic E-state index is 0.0660. The predicted octanol–water partition coefficient (Wildman–Crippen LogP) is 3.18. The first-order chi connectivity index (χ1) is 9.27. The quantitative estimate of drug-likeness (QED) is 0.799. The minimum atomic E-state index is -2.97. The highest BCUT2D eigenvalue weighted by Gasteiger charge is 2.31. The zero-order valence-electron chi connectivity index (χ0n) is 11.2. The molecule has 0 heterocycles. The van der Waals surface area contributed by atoms with Crippen molar-refractivity contribution in [1.82, 2.24) is 0 Å². The molecule has 112 valence electrons. The highest BCUT2D eigenvalue weighted by atomic mass is 79.9. The molecule has 1 unspecified atom stereocenters. The molecule has 0 saturated carbocycles. The standard InChI is InChI=1S/C13H16BrF2NO3/c1-3-19-10(18)7-13(2,17)11-8(14)5-4-6-9(11)20-12(15)16/h4-6,12H,3,7,17H2,1-2H3. The second-order valence-electron chi connectivity index (χ2n) is 4.39. The molecule has 0 amide bonds. The molecule has 0 spiro atoms. The van der Waals surface area contributed by atoms with Crippen LogP contribution in [0, 0.1) is 0 Å². The maximum absolute atomic E-state index is 12.4. The lowest BCUT2D eigenvalue weighted by atomic mass is 9.89. The summed E-state index contributed by atoms with van der Waals surface area (Å²) >= 11 is 3.24. The van der Waals surface area contributed by atoms with Crippen LogP contribution in [0.3, 0.4) is 0 Å². The molecule has 0 aliphatic rings. The molecule has 0 saturated heterocycles. The number of ether oxygens (including phenoxy) is 2. The summed E-state index contributed by atoms with van der Waals surface area (Å²) in [4.78, 5) is 11.6. The summed E-state index contributed by atoms with van der Waals surface area (Å²) in [6.07, 6.45) is -0.150. The number of esters is 1. The van der Waals surface area contributed by atoms with Crippen molar-refractivity contribution < 1.29 is 23.0 Å². The second-order valence-corrected chi connectivity index (χ2v) is 5.25. The number of hydrogen-bond donors (Lipinski definition) is 1. The van der Waals surface area contributed by atoms with Crippen molar-refractivity contribution in [1.29, 1.82) is 0 Å². The van der Waals surface area contributed by atoms with E-state index < -0.39 is 18.1 Å². The Morgan fingerprint density at radius 3 is 2.70 bits per heavy atom. The minimum Gasteiger partial charge on any atom is -0.466 e. The monoisotopic (exact) mass is 351 g/mol. The van der Waals surface area contributed by atoms with Crippen LogP contribution in [0.5, 0.6) is 5.75 Å². The summed E-state index contributed by atoms with van der Waals surface area (Å²) < 4.78 is 34.7. The van der Waals surface area contributed by atoms with Gasteiger partial charge in [0.25, 0.3) is 0 Å². The molecule has 7 heteroatoms. The third kappa shape index (κ3) is 4.42. The normalized spacial score (nSPS) is 13.9. The summed E-state index contributed by atoms with van der Waals surface area (Å²) in [6, 6.07) is 4.57. The van der Waals surface area contributed by atoms with Crippen molar-refractivity contribution in [2.24, 2.45) is 5.73 Å². The van der Waals surface area contributed by atoms with Crippen molar-refractivity contribution in [3.63, 3.8) is 0 Å². The number of carbonyl (C=O) groups is 1. The molecule has 1 aromatic carbocycles. The van der Waals surface area contributed by atoms with Crippen LogP contribution in [-0.2, 0) is 15.1 Å². The van der Waals surface area contributed by atoms with Gasteiger partial charge in [-0.1, -0.05) is 22.0 Å². The first-order valence-corrected chi connectivity index (χ1v) is 6.75. The highest BCUT2D eigenvalue weighted by molar-refractivity contribution is 9.10. The van der Waals surface area contributed by atoms with E-state index in [0.29, 0.717) is 10.0 Å². The van der Waals surface area contributed by atoms with Crippen LogP contribution >= 0.6 is 15.9 Å². The van der Waals surface area contributed by atoms with Gasteiger partial charge < -0.3 is 15.2 Å². The van der Waals surface area contributed by atoms with E-state index in [2.05, 4.69) is 20.7 Å². The van der Waals surface area contributed by atoms with Crippen molar-refractivity contribution in [2.75, 3.05) is 6.61 Å². The molecule has 20 heavy (non-hydrogen) atoms. The average Bonchev–Trinajstić information content (AvgIpc) is 2.26. The molecule has 1 aromatic rings. The summed E-state index contributed by atoms with van der Waals surface area (Å²) in [5.74, 6) is -0.570. The van der Waals surface area contributed by atoms with Crippen molar-refractivity contribution in [3.8, 4) is 5.75 Å². The molecular weight excluding hydrogens is 336 g/mol. The van der Waals surface area contributed by atoms with Gasteiger partial charge in [-0.15, -0.1) is 0 Å². The maximum atomic E-state index is 12.4. The molecule has 0 aromatic heterocycles. The first-order valence-electron chi connectivity index (χ1n) is 5.96. The number of carbonyl (C=O) groups excluding carboxylic acids is 1. The number of alkyl halides is 2. The molecule has 1 rings (SSSR count). The van der Waals surface area contributed by atoms with Crippen molar-refractivity contribution >= 4 is 21.9 Å². The van der Waals surface area contributed by atoms with Gasteiger partial charge in [0.2, 0.25) is 0 Å². The Labute approximate surface area is 124 Å². The van der Waals surface area contributed by atoms with Crippen LogP contribution in [0.15, 0.2) is 22.7 Å². The Morgan fingerprint density at radius 1 is 1.50 bits per heavy atom. The lowest BCUT2D eigenvalue weighted by molar-refractivity contribution is -0.144. The van der Waals surface area contributed by atoms with E-state index in [4.69, 9.17) is 10.5 Å². The lowest BCUT2D eigenvalue weighted by Gasteiger charge is -2.27. The fourth-order valence-electron chi connectivity index (χ4n) is 1.85. The Bertz CT molecular complexity index is 481. The van der Waals surface area contributed by atoms with E-state index >= 15 is 0 Å². The molecule has 0 aliphatic carbocycles. The third-order valence-corrected chi connectivity index (χ3v) is 3.24. The molecule has 0 fully saturated rings. The smallest absolute Gasteiger partial charge is 0.387 e. The van der Waals surface area contributed by atoms with Crippen molar-refractivity contribution in [3.05, 3.63) is 28.2 Å². The molecular formula is C13H16BrF2NO3. The number of hydrogen-bond acceptors (Lipinski definition) is 4. The summed E-state index contributed by atoms with van der Waals surface area (Å²) in [5.41, 5.74) is 5.19. The Balaban J connectivity index is 3.12. The first kappa shape index (κ1) is 16.8. The molecule has 4 nitrogen and oxygen atoms in total. The summed E-state index contributed by atoms with van der Waals surface area (Å²) in [6.45, 7) is 0.491. The zero-order valence-corrected chi connectivity index (χ0v) is 12.7. The average molecular weight is 352 g/mol. The van der Waals surface area contributed by atoms with E-state index in [1.54, 1.807) is 26.0 Å². The third-order valence-electron chi connectivity index (χ3n) is 2.58. The van der Waals surface area contributed by atoms with Gasteiger partial charge in [-0.3, -0.25) is 4.79 Å². The Kier molecular flexibility index (Phi) is 5.88. The number of nitrogens with two attached hydrogens (primary N) is 1. The van der Waals surface area contributed by atoms with Crippen LogP contribution in [0.2, 0.25) is 0 Å².